The van der Waals surface area contributed by atoms with E-state index in [2.05, 4.69) is 86.7 Å². The van der Waals surface area contributed by atoms with Gasteiger partial charge in [-0.25, -0.2) is 4.79 Å². The van der Waals surface area contributed by atoms with E-state index in [1.807, 2.05) is 66.7 Å². The van der Waals surface area contributed by atoms with Crippen LogP contribution in [0.15, 0.2) is 163 Å². The quantitative estimate of drug-likeness (QED) is 0.00318. The van der Waals surface area contributed by atoms with Gasteiger partial charge in [0.1, 0.15) is 30.2 Å². The fourth-order valence-corrected chi connectivity index (χ4v) is 9.83. The van der Waals surface area contributed by atoms with E-state index in [1.54, 1.807) is 18.2 Å². The maximum atomic E-state index is 14.6. The first kappa shape index (κ1) is 77.1. The predicted octanol–water partition coefficient (Wildman–Crippen LogP) is 9.38. The molecule has 0 bridgehead atoms. The number of carbonyl (C=O) groups excluding carboxylic acids is 4. The molecule has 522 valence electrons. The van der Waals surface area contributed by atoms with Gasteiger partial charge in [0.05, 0.1) is 142 Å². The SMILES string of the molecule is COc1cc(COC(=O)Oc2ccc([N+](=O)[O-])cc2)ccc1NC(=O)[C@H](CCCCNC(c1ccccc1)(c1ccccc1)c1ccc(C)cc1)NC(=O)[C@H](Cc1ccccc1)NC(=O)CCOCCOCCOCCOCCOCCOCCOCCOCCOCCN=[N+]=[N-]. The molecule has 2 atom stereocenters. The highest BCUT2D eigenvalue weighted by Crippen LogP contribution is 2.37. The predicted molar refractivity (Wildman–Crippen MR) is 361 cm³/mol. The minimum atomic E-state index is -1.10. The lowest BCUT2D eigenvalue weighted by Crippen LogP contribution is -2.53. The number of carbonyl (C=O) groups is 4. The maximum absolute atomic E-state index is 14.6. The second-order valence-electron chi connectivity index (χ2n) is 21.8. The lowest BCUT2D eigenvalue weighted by Gasteiger charge is -2.37. The molecule has 6 rings (SSSR count). The summed E-state index contributed by atoms with van der Waals surface area (Å²) in [4.78, 5) is 68.6. The number of non-ortho nitro benzene ring substituents is 1. The Morgan fingerprint density at radius 1 is 0.557 bits per heavy atom. The van der Waals surface area contributed by atoms with Gasteiger partial charge < -0.3 is 72.8 Å². The third-order valence-corrected chi connectivity index (χ3v) is 14.8. The molecule has 0 saturated heterocycles. The van der Waals surface area contributed by atoms with E-state index in [4.69, 9.17) is 62.4 Å². The summed E-state index contributed by atoms with van der Waals surface area (Å²) < 4.78 is 65.8. The number of anilines is 1. The first-order chi connectivity index (χ1) is 47.5. The molecule has 0 aromatic heterocycles. The second-order valence-corrected chi connectivity index (χ2v) is 21.8. The van der Waals surface area contributed by atoms with Crippen LogP contribution < -0.4 is 30.7 Å². The number of aryl methyl sites for hydroxylation is 1. The molecule has 26 heteroatoms. The minimum absolute atomic E-state index is 0.0496. The van der Waals surface area contributed by atoms with Crippen LogP contribution in [0.5, 0.6) is 11.5 Å². The van der Waals surface area contributed by atoms with Crippen LogP contribution in [0.1, 0.15) is 59.1 Å². The highest BCUT2D eigenvalue weighted by Gasteiger charge is 2.36. The zero-order valence-electron chi connectivity index (χ0n) is 55.2. The summed E-state index contributed by atoms with van der Waals surface area (Å²) in [6.45, 7) is 9.33. The van der Waals surface area contributed by atoms with Gasteiger partial charge >= 0.3 is 6.16 Å². The van der Waals surface area contributed by atoms with Crippen LogP contribution in [0.25, 0.3) is 10.4 Å². The van der Waals surface area contributed by atoms with Gasteiger partial charge in [0, 0.05) is 36.4 Å². The van der Waals surface area contributed by atoms with Crippen molar-refractivity contribution in [2.24, 2.45) is 5.11 Å². The van der Waals surface area contributed by atoms with Crippen molar-refractivity contribution in [2.75, 3.05) is 144 Å². The van der Waals surface area contributed by atoms with E-state index in [0.29, 0.717) is 131 Å². The number of hydrogen-bond acceptors (Lipinski definition) is 20. The molecule has 4 N–H and O–H groups in total. The maximum Gasteiger partial charge on any atom is 0.514 e. The Labute approximate surface area is 565 Å². The van der Waals surface area contributed by atoms with Crippen molar-refractivity contribution in [1.82, 2.24) is 16.0 Å². The summed E-state index contributed by atoms with van der Waals surface area (Å²) in [5.41, 5.74) is 13.1. The Balaban J connectivity index is 0.960. The number of nitro benzene ring substituents is 1. The lowest BCUT2D eigenvalue weighted by molar-refractivity contribution is -0.384. The van der Waals surface area contributed by atoms with Crippen molar-refractivity contribution in [2.45, 2.75) is 63.3 Å². The van der Waals surface area contributed by atoms with Crippen molar-refractivity contribution in [1.29, 1.82) is 0 Å². The number of nitro groups is 1. The van der Waals surface area contributed by atoms with Gasteiger partial charge in [-0.3, -0.25) is 29.8 Å². The van der Waals surface area contributed by atoms with Gasteiger partial charge in [-0.1, -0.05) is 132 Å². The molecular formula is C71H90N8O18. The number of methoxy groups -OCH3 is 1. The molecule has 0 fully saturated rings. The van der Waals surface area contributed by atoms with E-state index in [0.717, 1.165) is 27.8 Å². The molecule has 0 heterocycles. The largest absolute Gasteiger partial charge is 0.514 e. The summed E-state index contributed by atoms with van der Waals surface area (Å²) in [7, 11) is 1.42. The van der Waals surface area contributed by atoms with Crippen molar-refractivity contribution in [3.05, 3.63) is 212 Å². The second kappa shape index (κ2) is 46.3. The van der Waals surface area contributed by atoms with Gasteiger partial charge in [0.25, 0.3) is 5.69 Å². The Kier molecular flexibility index (Phi) is 36.8. The molecule has 0 aliphatic carbocycles. The molecule has 0 radical (unpaired) electrons. The number of ether oxygens (including phenoxy) is 12. The van der Waals surface area contributed by atoms with Gasteiger partial charge in [-0.2, -0.15) is 0 Å². The molecule has 6 aromatic rings. The van der Waals surface area contributed by atoms with Crippen LogP contribution in [-0.4, -0.2) is 180 Å². The lowest BCUT2D eigenvalue weighted by atomic mass is 9.76. The Morgan fingerprint density at radius 3 is 1.56 bits per heavy atom. The number of hydrogen-bond donors (Lipinski definition) is 4. The average molecular weight is 1340 g/mol. The molecular weight excluding hydrogens is 1250 g/mol. The summed E-state index contributed by atoms with van der Waals surface area (Å²) in [6.07, 6.45) is 0.308. The van der Waals surface area contributed by atoms with E-state index in [-0.39, 0.29) is 68.6 Å². The van der Waals surface area contributed by atoms with Crippen LogP contribution in [0.3, 0.4) is 0 Å². The molecule has 0 saturated carbocycles. The van der Waals surface area contributed by atoms with Gasteiger partial charge in [0.15, 0.2) is 0 Å². The Morgan fingerprint density at radius 2 is 1.05 bits per heavy atom. The van der Waals surface area contributed by atoms with E-state index >= 15 is 0 Å². The monoisotopic (exact) mass is 1340 g/mol. The molecule has 97 heavy (non-hydrogen) atoms. The Bertz CT molecular complexity index is 3220. The third-order valence-electron chi connectivity index (χ3n) is 14.8. The molecule has 6 aromatic carbocycles. The summed E-state index contributed by atoms with van der Waals surface area (Å²) in [5, 5.41) is 27.2. The van der Waals surface area contributed by atoms with E-state index in [1.165, 1.54) is 31.4 Å². The zero-order chi connectivity index (χ0) is 68.8. The van der Waals surface area contributed by atoms with Crippen LogP contribution in [0, 0.1) is 17.0 Å². The smallest absolute Gasteiger partial charge is 0.495 e. The van der Waals surface area contributed by atoms with Gasteiger partial charge in [-0.05, 0) is 90.3 Å². The number of azide groups is 1. The number of rotatable bonds is 51. The van der Waals surface area contributed by atoms with E-state index in [9.17, 15) is 29.3 Å². The number of benzene rings is 6. The van der Waals surface area contributed by atoms with Gasteiger partial charge in [-0.15, -0.1) is 0 Å². The summed E-state index contributed by atoms with van der Waals surface area (Å²) in [5.74, 6) is -1.27. The molecule has 0 spiro atoms. The third kappa shape index (κ3) is 29.6. The normalized spacial score (nSPS) is 11.8. The van der Waals surface area contributed by atoms with Crippen molar-refractivity contribution in [3.8, 4) is 11.5 Å². The molecule has 0 aliphatic rings. The first-order valence-electron chi connectivity index (χ1n) is 32.3. The number of amides is 3. The van der Waals surface area contributed by atoms with Crippen LogP contribution in [0.4, 0.5) is 16.2 Å². The van der Waals surface area contributed by atoms with Crippen molar-refractivity contribution >= 4 is 35.3 Å². The van der Waals surface area contributed by atoms with Crippen LogP contribution in [0.2, 0.25) is 0 Å². The average Bonchev–Trinajstić information content (AvgIpc) is 0.760. The van der Waals surface area contributed by atoms with E-state index < -0.39 is 46.4 Å². The fraction of sp³-hybridized carbons (Fsp3) is 0.437. The zero-order valence-corrected chi connectivity index (χ0v) is 55.2. The standard InChI is InChI=1S/C71H90N8O18/c1-55-21-24-60(25-22-55)71(58-16-8-4-9-17-58,59-18-10-5-11-19-59)73-32-13-12-20-64(68(81)76-63-30-23-57(53-66(63)86-2)54-96-70(83)97-62-28-26-61(27-29-62)79(84)85)77-69(82)65(52-56-14-6-3-7-15-56)75-67(80)31-34-87-36-38-89-40-42-91-44-46-93-48-50-95-51-49-94-47-45-92-43-41-90-39-37-88-35-33-74-78-72/h3-11,14-19,21-30,53,64-65,73H,12-13,20,31-52,54H2,1-2H3,(H,75,80)(H,76,81)(H,77,82)/t64-,65-/m0/s1. The minimum Gasteiger partial charge on any atom is -0.495 e. The Hall–Kier alpha value is -8.89. The molecule has 3 amide bonds. The molecule has 0 unspecified atom stereocenters. The highest BCUT2D eigenvalue weighted by molar-refractivity contribution is 5.99. The summed E-state index contributed by atoms with van der Waals surface area (Å²) >= 11 is 0. The number of nitrogens with zero attached hydrogens (tertiary/aromatic N) is 4. The number of unbranched alkanes of at least 4 members (excludes halogenated alkanes) is 1. The first-order valence-corrected chi connectivity index (χ1v) is 32.3. The van der Waals surface area contributed by atoms with Gasteiger partial charge in [0.2, 0.25) is 17.7 Å². The molecule has 0 aliphatic heterocycles. The van der Waals surface area contributed by atoms with Crippen LogP contribution >= 0.6 is 0 Å². The van der Waals surface area contributed by atoms with Crippen molar-refractivity contribution in [3.63, 3.8) is 0 Å². The highest BCUT2D eigenvalue weighted by atomic mass is 16.7. The van der Waals surface area contributed by atoms with Crippen molar-refractivity contribution < 1.29 is 80.9 Å². The molecule has 26 nitrogen and oxygen atoms in total. The fourth-order valence-electron chi connectivity index (χ4n) is 9.83. The topological polar surface area (TPSA) is 319 Å². The number of nitrogens with one attached hydrogen (secondary N) is 4. The van der Waals surface area contributed by atoms with Crippen LogP contribution in [-0.2, 0) is 80.3 Å². The summed E-state index contributed by atoms with van der Waals surface area (Å²) in [6, 6.07) is 45.8.